The minimum Gasteiger partial charge on any atom is -0.336 e. The largest absolute Gasteiger partial charge is 0.336 e. The molecule has 4 nitrogen and oxygen atoms in total. The van der Waals surface area contributed by atoms with E-state index in [9.17, 15) is 9.18 Å². The molecule has 0 saturated carbocycles. The van der Waals surface area contributed by atoms with Gasteiger partial charge in [0.2, 0.25) is 0 Å². The monoisotopic (exact) mass is 275 g/mol. The summed E-state index contributed by atoms with van der Waals surface area (Å²) in [5, 5.41) is 0. The minimum absolute atomic E-state index is 0.0818. The van der Waals surface area contributed by atoms with Crippen molar-refractivity contribution in [2.75, 3.05) is 39.8 Å². The van der Waals surface area contributed by atoms with Crippen molar-refractivity contribution in [2.24, 2.45) is 5.73 Å². The molecule has 1 fully saturated rings. The normalized spacial score (nSPS) is 15.7. The van der Waals surface area contributed by atoms with E-state index < -0.39 is 5.82 Å². The number of hydrogen-bond donors (Lipinski definition) is 1. The van der Waals surface area contributed by atoms with Gasteiger partial charge in [-0.1, -0.05) is 11.8 Å². The number of carbonyl (C=O) groups excluding carboxylic acids is 1. The first kappa shape index (κ1) is 14.5. The molecule has 2 rings (SSSR count). The van der Waals surface area contributed by atoms with Crippen LogP contribution in [0.3, 0.4) is 0 Å². The summed E-state index contributed by atoms with van der Waals surface area (Å²) in [5.74, 6) is 4.74. The number of rotatable bonds is 1. The van der Waals surface area contributed by atoms with E-state index in [2.05, 4.69) is 16.7 Å². The van der Waals surface area contributed by atoms with E-state index in [1.165, 1.54) is 12.1 Å². The summed E-state index contributed by atoms with van der Waals surface area (Å²) in [6, 6.07) is 4.33. The van der Waals surface area contributed by atoms with Crippen molar-refractivity contribution in [3.05, 3.63) is 35.1 Å². The highest BCUT2D eigenvalue weighted by Crippen LogP contribution is 2.14. The summed E-state index contributed by atoms with van der Waals surface area (Å²) in [7, 11) is 2.01. The minimum atomic E-state index is -0.507. The number of benzene rings is 1. The van der Waals surface area contributed by atoms with E-state index in [4.69, 9.17) is 5.73 Å². The van der Waals surface area contributed by atoms with Gasteiger partial charge in [0.1, 0.15) is 5.82 Å². The Morgan fingerprint density at radius 3 is 2.70 bits per heavy atom. The van der Waals surface area contributed by atoms with Crippen LogP contribution in [-0.2, 0) is 0 Å². The highest BCUT2D eigenvalue weighted by Gasteiger charge is 2.22. The third-order valence-electron chi connectivity index (χ3n) is 3.32. The molecule has 0 spiro atoms. The van der Waals surface area contributed by atoms with Crippen LogP contribution in [-0.4, -0.2) is 55.5 Å². The number of likely N-dealkylation sites (N-methyl/N-ethyl adjacent to an activating group) is 1. The molecule has 1 amide bonds. The quantitative estimate of drug-likeness (QED) is 0.760. The summed E-state index contributed by atoms with van der Waals surface area (Å²) >= 11 is 0. The SMILES string of the molecule is CN1CCN(C(=O)c2cc(C#CCN)ccc2F)CC1. The van der Waals surface area contributed by atoms with Crippen molar-refractivity contribution in [3.8, 4) is 11.8 Å². The van der Waals surface area contributed by atoms with E-state index in [1.807, 2.05) is 7.05 Å². The van der Waals surface area contributed by atoms with Gasteiger partial charge in [0, 0.05) is 31.7 Å². The smallest absolute Gasteiger partial charge is 0.256 e. The maximum Gasteiger partial charge on any atom is 0.256 e. The molecule has 0 aliphatic carbocycles. The number of nitrogens with zero attached hydrogens (tertiary/aromatic N) is 2. The van der Waals surface area contributed by atoms with Crippen LogP contribution in [0.4, 0.5) is 4.39 Å². The molecule has 106 valence electrons. The number of piperazine rings is 1. The van der Waals surface area contributed by atoms with Crippen molar-refractivity contribution in [1.29, 1.82) is 0 Å². The third kappa shape index (κ3) is 3.35. The van der Waals surface area contributed by atoms with Gasteiger partial charge in [0.05, 0.1) is 12.1 Å². The van der Waals surface area contributed by atoms with Gasteiger partial charge in [-0.25, -0.2) is 4.39 Å². The molecule has 0 radical (unpaired) electrons. The molecule has 1 aliphatic heterocycles. The van der Waals surface area contributed by atoms with E-state index >= 15 is 0 Å². The molecule has 1 aromatic rings. The Hall–Kier alpha value is -1.90. The van der Waals surface area contributed by atoms with Crippen LogP contribution in [0.15, 0.2) is 18.2 Å². The molecule has 5 heteroatoms. The Balaban J connectivity index is 2.20. The van der Waals surface area contributed by atoms with E-state index in [0.717, 1.165) is 13.1 Å². The second-order valence-electron chi connectivity index (χ2n) is 4.80. The highest BCUT2D eigenvalue weighted by molar-refractivity contribution is 5.95. The molecule has 2 N–H and O–H groups in total. The summed E-state index contributed by atoms with van der Waals surface area (Å²) in [6.07, 6.45) is 0. The number of carbonyl (C=O) groups is 1. The Morgan fingerprint density at radius 2 is 2.05 bits per heavy atom. The van der Waals surface area contributed by atoms with Crippen LogP contribution >= 0.6 is 0 Å². The molecule has 0 unspecified atom stereocenters. The van der Waals surface area contributed by atoms with Gasteiger partial charge in [0.25, 0.3) is 5.91 Å². The van der Waals surface area contributed by atoms with Crippen LogP contribution < -0.4 is 5.73 Å². The van der Waals surface area contributed by atoms with Crippen LogP contribution in [0, 0.1) is 17.7 Å². The molecule has 0 atom stereocenters. The van der Waals surface area contributed by atoms with Gasteiger partial charge in [-0.2, -0.15) is 0 Å². The average Bonchev–Trinajstić information content (AvgIpc) is 2.46. The zero-order valence-corrected chi connectivity index (χ0v) is 11.5. The first-order valence-corrected chi connectivity index (χ1v) is 6.58. The number of hydrogen-bond acceptors (Lipinski definition) is 3. The molecule has 0 bridgehead atoms. The van der Waals surface area contributed by atoms with Gasteiger partial charge in [-0.05, 0) is 25.2 Å². The highest BCUT2D eigenvalue weighted by atomic mass is 19.1. The Labute approximate surface area is 118 Å². The fourth-order valence-corrected chi connectivity index (χ4v) is 2.10. The maximum atomic E-state index is 13.8. The van der Waals surface area contributed by atoms with Crippen LogP contribution in [0.1, 0.15) is 15.9 Å². The Bertz CT molecular complexity index is 554. The fraction of sp³-hybridized carbons (Fsp3) is 0.400. The maximum absolute atomic E-state index is 13.8. The second-order valence-corrected chi connectivity index (χ2v) is 4.80. The van der Waals surface area contributed by atoms with Crippen LogP contribution in [0.5, 0.6) is 0 Å². The predicted octanol–water partition coefficient (Wildman–Crippen LogP) is 0.524. The van der Waals surface area contributed by atoms with E-state index in [0.29, 0.717) is 18.7 Å². The molecule has 1 aromatic carbocycles. The Morgan fingerprint density at radius 1 is 1.35 bits per heavy atom. The van der Waals surface area contributed by atoms with Crippen molar-refractivity contribution in [2.45, 2.75) is 0 Å². The molecular formula is C15H18FN3O. The summed E-state index contributed by atoms with van der Waals surface area (Å²) in [5.41, 5.74) is 5.99. The van der Waals surface area contributed by atoms with Crippen LogP contribution in [0.25, 0.3) is 0 Å². The summed E-state index contributed by atoms with van der Waals surface area (Å²) < 4.78 is 13.8. The zero-order valence-electron chi connectivity index (χ0n) is 11.5. The molecular weight excluding hydrogens is 257 g/mol. The lowest BCUT2D eigenvalue weighted by Crippen LogP contribution is -2.47. The number of amides is 1. The van der Waals surface area contributed by atoms with Gasteiger partial charge >= 0.3 is 0 Å². The third-order valence-corrected chi connectivity index (χ3v) is 3.32. The average molecular weight is 275 g/mol. The first-order valence-electron chi connectivity index (χ1n) is 6.58. The Kier molecular flexibility index (Phi) is 4.72. The number of nitrogens with two attached hydrogens (primary N) is 1. The molecule has 0 aromatic heterocycles. The first-order chi connectivity index (χ1) is 9.61. The fourth-order valence-electron chi connectivity index (χ4n) is 2.10. The molecule has 20 heavy (non-hydrogen) atoms. The van der Waals surface area contributed by atoms with Gasteiger partial charge in [0.15, 0.2) is 0 Å². The van der Waals surface area contributed by atoms with Crippen molar-refractivity contribution >= 4 is 5.91 Å². The molecule has 1 saturated heterocycles. The zero-order chi connectivity index (χ0) is 14.5. The van der Waals surface area contributed by atoms with Crippen molar-refractivity contribution in [3.63, 3.8) is 0 Å². The van der Waals surface area contributed by atoms with Crippen molar-refractivity contribution < 1.29 is 9.18 Å². The standard InChI is InChI=1S/C15H18FN3O/c1-18-7-9-19(10-8-18)15(20)13-11-12(3-2-6-17)4-5-14(13)16/h4-5,11H,6-10,17H2,1H3. The van der Waals surface area contributed by atoms with Gasteiger partial charge < -0.3 is 15.5 Å². The van der Waals surface area contributed by atoms with Crippen molar-refractivity contribution in [1.82, 2.24) is 9.80 Å². The molecule has 1 heterocycles. The lowest BCUT2D eigenvalue weighted by Gasteiger charge is -2.32. The lowest BCUT2D eigenvalue weighted by atomic mass is 10.1. The van der Waals surface area contributed by atoms with Crippen LogP contribution in [0.2, 0.25) is 0 Å². The predicted molar refractivity (Wildman–Crippen MR) is 75.7 cm³/mol. The lowest BCUT2D eigenvalue weighted by molar-refractivity contribution is 0.0659. The van der Waals surface area contributed by atoms with E-state index in [1.54, 1.807) is 11.0 Å². The second kappa shape index (κ2) is 6.51. The molecule has 1 aliphatic rings. The van der Waals surface area contributed by atoms with Gasteiger partial charge in [-0.15, -0.1) is 0 Å². The topological polar surface area (TPSA) is 49.6 Å². The summed E-state index contributed by atoms with van der Waals surface area (Å²) in [6.45, 7) is 3.08. The number of halogens is 1. The van der Waals surface area contributed by atoms with E-state index in [-0.39, 0.29) is 18.0 Å². The summed E-state index contributed by atoms with van der Waals surface area (Å²) in [4.78, 5) is 16.2. The van der Waals surface area contributed by atoms with Gasteiger partial charge in [-0.3, -0.25) is 4.79 Å².